The number of carbonyl (C=O) groups is 1. The second-order valence-corrected chi connectivity index (χ2v) is 4.45. The van der Waals surface area contributed by atoms with Crippen LogP contribution in [0.25, 0.3) is 0 Å². The van der Waals surface area contributed by atoms with E-state index in [0.717, 1.165) is 0 Å². The molecule has 1 aromatic carbocycles. The highest BCUT2D eigenvalue weighted by Gasteiger charge is 2.12. The molecule has 0 saturated carbocycles. The third kappa shape index (κ3) is 3.33. The van der Waals surface area contributed by atoms with Crippen molar-refractivity contribution in [2.45, 2.75) is 13.8 Å². The smallest absolute Gasteiger partial charge is 0.335 e. The van der Waals surface area contributed by atoms with Gasteiger partial charge >= 0.3 is 5.97 Å². The second kappa shape index (κ2) is 5.58. The van der Waals surface area contributed by atoms with Gasteiger partial charge in [0, 0.05) is 23.4 Å². The first-order chi connectivity index (χ1) is 9.86. The molecule has 1 N–H and O–H groups in total. The third-order valence-electron chi connectivity index (χ3n) is 2.76. The number of benzene rings is 1. The predicted octanol–water partition coefficient (Wildman–Crippen LogP) is 3.10. The van der Waals surface area contributed by atoms with Gasteiger partial charge in [0.15, 0.2) is 0 Å². The number of ether oxygens (including phenoxy) is 1. The highest BCUT2D eigenvalue weighted by Crippen LogP contribution is 2.26. The van der Waals surface area contributed by atoms with E-state index in [-0.39, 0.29) is 17.1 Å². The number of rotatable bonds is 4. The molecule has 0 aliphatic carbocycles. The zero-order valence-corrected chi connectivity index (χ0v) is 11.4. The van der Waals surface area contributed by atoms with E-state index < -0.39 is 10.9 Å². The van der Waals surface area contributed by atoms with E-state index in [1.807, 2.05) is 0 Å². The zero-order chi connectivity index (χ0) is 15.6. The molecule has 2 rings (SSSR count). The van der Waals surface area contributed by atoms with Gasteiger partial charge in [0.25, 0.3) is 5.69 Å². The Morgan fingerprint density at radius 1 is 1.29 bits per heavy atom. The van der Waals surface area contributed by atoms with Crippen LogP contribution in [0.5, 0.6) is 11.6 Å². The summed E-state index contributed by atoms with van der Waals surface area (Å²) in [6.45, 7) is 3.25. The lowest BCUT2D eigenvalue weighted by molar-refractivity contribution is -0.385. The van der Waals surface area contributed by atoms with Gasteiger partial charge in [-0.2, -0.15) is 0 Å². The number of aryl methyl sites for hydroxylation is 2. The number of nitro groups is 1. The Balaban J connectivity index is 2.32. The summed E-state index contributed by atoms with van der Waals surface area (Å²) in [7, 11) is 0. The molecule has 0 unspecified atom stereocenters. The number of aromatic carboxylic acids is 1. The lowest BCUT2D eigenvalue weighted by Crippen LogP contribution is -2.00. The summed E-state index contributed by atoms with van der Waals surface area (Å²) in [5.41, 5.74) is 1.01. The lowest BCUT2D eigenvalue weighted by Gasteiger charge is -2.07. The lowest BCUT2D eigenvalue weighted by atomic mass is 10.2. The topological polar surface area (TPSA) is 103 Å². The Labute approximate surface area is 120 Å². The molecule has 0 radical (unpaired) electrons. The average molecular weight is 288 g/mol. The monoisotopic (exact) mass is 288 g/mol. The second-order valence-electron chi connectivity index (χ2n) is 4.45. The van der Waals surface area contributed by atoms with Crippen molar-refractivity contribution in [3.63, 3.8) is 0 Å². The summed E-state index contributed by atoms with van der Waals surface area (Å²) in [4.78, 5) is 25.3. The molecule has 0 bridgehead atoms. The predicted molar refractivity (Wildman–Crippen MR) is 73.8 cm³/mol. The van der Waals surface area contributed by atoms with Crippen molar-refractivity contribution in [3.8, 4) is 11.6 Å². The Hall–Kier alpha value is -2.96. The fourth-order valence-electron chi connectivity index (χ4n) is 1.83. The van der Waals surface area contributed by atoms with Gasteiger partial charge < -0.3 is 9.84 Å². The van der Waals surface area contributed by atoms with Gasteiger partial charge in [0.05, 0.1) is 10.5 Å². The molecular formula is C14H12N2O5. The number of nitro benzene ring substituents is 1. The summed E-state index contributed by atoms with van der Waals surface area (Å²) >= 11 is 0. The van der Waals surface area contributed by atoms with E-state index in [9.17, 15) is 14.9 Å². The summed E-state index contributed by atoms with van der Waals surface area (Å²) < 4.78 is 5.47. The molecule has 108 valence electrons. The minimum Gasteiger partial charge on any atom is -0.478 e. The highest BCUT2D eigenvalue weighted by atomic mass is 16.6. The number of pyridine rings is 1. The van der Waals surface area contributed by atoms with Gasteiger partial charge in [0.2, 0.25) is 5.88 Å². The summed E-state index contributed by atoms with van der Waals surface area (Å²) in [6, 6.07) is 7.00. The molecule has 0 aliphatic heterocycles. The van der Waals surface area contributed by atoms with Gasteiger partial charge in [-0.15, -0.1) is 0 Å². The number of hydrogen-bond acceptors (Lipinski definition) is 5. The van der Waals surface area contributed by atoms with Gasteiger partial charge in [-0.25, -0.2) is 9.78 Å². The van der Waals surface area contributed by atoms with Crippen LogP contribution in [0.2, 0.25) is 0 Å². The number of hydrogen-bond donors (Lipinski definition) is 1. The average Bonchev–Trinajstić information content (AvgIpc) is 2.37. The molecule has 2 aromatic rings. The highest BCUT2D eigenvalue weighted by molar-refractivity contribution is 5.88. The van der Waals surface area contributed by atoms with Crippen LogP contribution in [-0.2, 0) is 0 Å². The van der Waals surface area contributed by atoms with Crippen molar-refractivity contribution >= 4 is 11.7 Å². The fourth-order valence-corrected chi connectivity index (χ4v) is 1.83. The quantitative estimate of drug-likeness (QED) is 0.685. The molecule has 21 heavy (non-hydrogen) atoms. The summed E-state index contributed by atoms with van der Waals surface area (Å²) in [5.74, 6) is -0.599. The Morgan fingerprint density at radius 2 is 2.00 bits per heavy atom. The van der Waals surface area contributed by atoms with Gasteiger partial charge in [-0.05, 0) is 32.0 Å². The summed E-state index contributed by atoms with van der Waals surface area (Å²) in [5, 5.41) is 19.7. The van der Waals surface area contributed by atoms with Crippen molar-refractivity contribution in [2.24, 2.45) is 0 Å². The maximum atomic E-state index is 11.0. The molecular weight excluding hydrogens is 276 g/mol. The van der Waals surface area contributed by atoms with Crippen LogP contribution in [0.3, 0.4) is 0 Å². The van der Waals surface area contributed by atoms with E-state index in [1.54, 1.807) is 13.8 Å². The van der Waals surface area contributed by atoms with Gasteiger partial charge in [-0.3, -0.25) is 10.1 Å². The van der Waals surface area contributed by atoms with Crippen molar-refractivity contribution in [1.82, 2.24) is 4.98 Å². The summed E-state index contributed by atoms with van der Waals surface area (Å²) in [6.07, 6.45) is 0. The molecule has 1 aromatic heterocycles. The zero-order valence-electron chi connectivity index (χ0n) is 11.4. The minimum absolute atomic E-state index is 0.00854. The molecule has 0 atom stereocenters. The first kappa shape index (κ1) is 14.4. The first-order valence-corrected chi connectivity index (χ1v) is 6.01. The van der Waals surface area contributed by atoms with Crippen LogP contribution < -0.4 is 4.74 Å². The molecule has 1 heterocycles. The van der Waals surface area contributed by atoms with Gasteiger partial charge in [0.1, 0.15) is 5.75 Å². The number of nitrogens with zero attached hydrogens (tertiary/aromatic N) is 2. The normalized spacial score (nSPS) is 10.2. The van der Waals surface area contributed by atoms with Gasteiger partial charge in [-0.1, -0.05) is 0 Å². The number of carboxylic acids is 1. The standard InChI is InChI=1S/C14H12N2O5/c1-8-5-11(3-4-12(8)16(19)20)21-13-7-10(14(17)18)6-9(2)15-13/h3-7H,1-2H3,(H,17,18). The van der Waals surface area contributed by atoms with E-state index >= 15 is 0 Å². The first-order valence-electron chi connectivity index (χ1n) is 6.01. The number of aromatic nitrogens is 1. The van der Waals surface area contributed by atoms with Crippen LogP contribution in [0.1, 0.15) is 21.6 Å². The molecule has 7 nitrogen and oxygen atoms in total. The SMILES string of the molecule is Cc1cc(C(=O)O)cc(Oc2ccc([N+](=O)[O-])c(C)c2)n1. The molecule has 0 amide bonds. The van der Waals surface area contributed by atoms with Crippen LogP contribution in [0.4, 0.5) is 5.69 Å². The van der Waals surface area contributed by atoms with Crippen LogP contribution in [-0.4, -0.2) is 21.0 Å². The van der Waals surface area contributed by atoms with E-state index in [4.69, 9.17) is 9.84 Å². The van der Waals surface area contributed by atoms with Crippen LogP contribution in [0, 0.1) is 24.0 Å². The van der Waals surface area contributed by atoms with Crippen LogP contribution in [0.15, 0.2) is 30.3 Å². The largest absolute Gasteiger partial charge is 0.478 e. The van der Waals surface area contributed by atoms with Crippen LogP contribution >= 0.6 is 0 Å². The Kier molecular flexibility index (Phi) is 3.84. The third-order valence-corrected chi connectivity index (χ3v) is 2.76. The Morgan fingerprint density at radius 3 is 2.57 bits per heavy atom. The van der Waals surface area contributed by atoms with Crippen molar-refractivity contribution in [3.05, 3.63) is 57.3 Å². The Bertz CT molecular complexity index is 727. The van der Waals surface area contributed by atoms with Crippen molar-refractivity contribution in [1.29, 1.82) is 0 Å². The minimum atomic E-state index is -1.08. The molecule has 0 spiro atoms. The van der Waals surface area contributed by atoms with E-state index in [1.165, 1.54) is 30.3 Å². The van der Waals surface area contributed by atoms with Crippen molar-refractivity contribution in [2.75, 3.05) is 0 Å². The molecule has 0 saturated heterocycles. The molecule has 7 heteroatoms. The van der Waals surface area contributed by atoms with E-state index in [0.29, 0.717) is 17.0 Å². The fraction of sp³-hybridized carbons (Fsp3) is 0.143. The van der Waals surface area contributed by atoms with Crippen molar-refractivity contribution < 1.29 is 19.6 Å². The number of carboxylic acid groups (broad SMARTS) is 1. The molecule has 0 aliphatic rings. The molecule has 0 fully saturated rings. The maximum absolute atomic E-state index is 11.0. The van der Waals surface area contributed by atoms with E-state index in [2.05, 4.69) is 4.98 Å². The maximum Gasteiger partial charge on any atom is 0.335 e.